The van der Waals surface area contributed by atoms with Crippen LogP contribution in [0.2, 0.25) is 0 Å². The Balaban J connectivity index is 2.25. The van der Waals surface area contributed by atoms with Crippen LogP contribution in [0.25, 0.3) is 0 Å². The topological polar surface area (TPSA) is 57.8 Å². The zero-order chi connectivity index (χ0) is 7.68. The smallest absolute Gasteiger partial charge is 0.315 e. The summed E-state index contributed by atoms with van der Waals surface area (Å²) in [4.78, 5) is 16.8. The lowest BCUT2D eigenvalue weighted by atomic mass is 9.97. The summed E-state index contributed by atoms with van der Waals surface area (Å²) in [5.74, 6) is 0.541. The number of hydrogen-bond donors (Lipinski definition) is 2. The van der Waals surface area contributed by atoms with Gasteiger partial charge in [0.15, 0.2) is 0 Å². The molecule has 2 rings (SSSR count). The van der Waals surface area contributed by atoms with E-state index in [2.05, 4.69) is 15.3 Å². The quantitative estimate of drug-likeness (QED) is 0.566. The van der Waals surface area contributed by atoms with Gasteiger partial charge in [-0.1, -0.05) is 0 Å². The van der Waals surface area contributed by atoms with Gasteiger partial charge in [0.25, 0.3) is 0 Å². The van der Waals surface area contributed by atoms with Gasteiger partial charge in [-0.3, -0.25) is 0 Å². The standard InChI is InChI=1S/C7H9N3O/c11-7-9-3-6(4-10-7)5-1-8-2-5/h3-5,8H,1-2H2,(H,9,10,11). The van der Waals surface area contributed by atoms with E-state index in [1.54, 1.807) is 12.4 Å². The summed E-state index contributed by atoms with van der Waals surface area (Å²) in [6.45, 7) is 1.99. The Kier molecular flexibility index (Phi) is 1.47. The predicted molar refractivity (Wildman–Crippen MR) is 40.5 cm³/mol. The number of rotatable bonds is 1. The molecule has 4 heteroatoms. The number of hydrogen-bond acceptors (Lipinski definition) is 3. The third-order valence-electron chi connectivity index (χ3n) is 1.95. The van der Waals surface area contributed by atoms with Gasteiger partial charge < -0.3 is 10.3 Å². The van der Waals surface area contributed by atoms with Crippen molar-refractivity contribution in [3.8, 4) is 0 Å². The number of aromatic amines is 1. The van der Waals surface area contributed by atoms with Gasteiger partial charge in [-0.15, -0.1) is 0 Å². The van der Waals surface area contributed by atoms with Crippen LogP contribution in [0, 0.1) is 0 Å². The molecule has 0 aromatic carbocycles. The minimum atomic E-state index is -0.277. The summed E-state index contributed by atoms with van der Waals surface area (Å²) in [7, 11) is 0. The Morgan fingerprint density at radius 3 is 2.82 bits per heavy atom. The molecule has 58 valence electrons. The first-order chi connectivity index (χ1) is 5.36. The Morgan fingerprint density at radius 1 is 1.55 bits per heavy atom. The first-order valence-corrected chi connectivity index (χ1v) is 3.61. The summed E-state index contributed by atoms with van der Waals surface area (Å²) in [5, 5.41) is 3.15. The van der Waals surface area contributed by atoms with Crippen molar-refractivity contribution >= 4 is 0 Å². The van der Waals surface area contributed by atoms with E-state index in [0.717, 1.165) is 18.7 Å². The molecule has 1 fully saturated rings. The van der Waals surface area contributed by atoms with Gasteiger partial charge >= 0.3 is 5.69 Å². The minimum absolute atomic E-state index is 0.277. The van der Waals surface area contributed by atoms with E-state index in [1.807, 2.05) is 0 Å². The van der Waals surface area contributed by atoms with E-state index in [1.165, 1.54) is 0 Å². The highest BCUT2D eigenvalue weighted by Gasteiger charge is 2.18. The van der Waals surface area contributed by atoms with Crippen molar-refractivity contribution in [3.05, 3.63) is 28.4 Å². The van der Waals surface area contributed by atoms with Crippen LogP contribution in [0.3, 0.4) is 0 Å². The summed E-state index contributed by atoms with van der Waals surface area (Å²) in [6.07, 6.45) is 3.38. The summed E-state index contributed by atoms with van der Waals surface area (Å²) in [6, 6.07) is 0. The molecular weight excluding hydrogens is 142 g/mol. The maximum absolute atomic E-state index is 10.6. The van der Waals surface area contributed by atoms with Crippen LogP contribution in [-0.4, -0.2) is 23.1 Å². The Hall–Kier alpha value is -1.16. The van der Waals surface area contributed by atoms with Crippen molar-refractivity contribution in [1.29, 1.82) is 0 Å². The van der Waals surface area contributed by atoms with Gasteiger partial charge in [0.2, 0.25) is 0 Å². The molecule has 11 heavy (non-hydrogen) atoms. The van der Waals surface area contributed by atoms with Gasteiger partial charge in [-0.2, -0.15) is 0 Å². The van der Waals surface area contributed by atoms with Crippen molar-refractivity contribution in [3.63, 3.8) is 0 Å². The van der Waals surface area contributed by atoms with Crippen LogP contribution in [0.4, 0.5) is 0 Å². The number of nitrogens with one attached hydrogen (secondary N) is 2. The Morgan fingerprint density at radius 2 is 2.36 bits per heavy atom. The van der Waals surface area contributed by atoms with Crippen molar-refractivity contribution in [2.45, 2.75) is 5.92 Å². The molecule has 0 amide bonds. The average Bonchev–Trinajstić information content (AvgIpc) is 1.90. The normalized spacial score (nSPS) is 17.8. The number of nitrogens with zero attached hydrogens (tertiary/aromatic N) is 1. The van der Waals surface area contributed by atoms with E-state index in [-0.39, 0.29) is 5.69 Å². The molecule has 1 saturated heterocycles. The summed E-state index contributed by atoms with van der Waals surface area (Å²) >= 11 is 0. The average molecular weight is 151 g/mol. The molecule has 1 aliphatic heterocycles. The zero-order valence-corrected chi connectivity index (χ0v) is 6.00. The first kappa shape index (κ1) is 6.54. The monoisotopic (exact) mass is 151 g/mol. The Labute approximate surface area is 63.7 Å². The molecule has 1 aromatic heterocycles. The molecule has 0 atom stereocenters. The largest absolute Gasteiger partial charge is 0.344 e. The van der Waals surface area contributed by atoms with Gasteiger partial charge in [-0.25, -0.2) is 9.78 Å². The molecule has 1 aromatic rings. The fourth-order valence-electron chi connectivity index (χ4n) is 1.10. The highest BCUT2D eigenvalue weighted by atomic mass is 16.1. The molecule has 0 radical (unpaired) electrons. The summed E-state index contributed by atoms with van der Waals surface area (Å²) < 4.78 is 0. The lowest BCUT2D eigenvalue weighted by Crippen LogP contribution is -2.40. The third kappa shape index (κ3) is 1.17. The van der Waals surface area contributed by atoms with E-state index in [4.69, 9.17) is 0 Å². The number of H-pyrrole nitrogens is 1. The maximum atomic E-state index is 10.6. The minimum Gasteiger partial charge on any atom is -0.315 e. The summed E-state index contributed by atoms with van der Waals surface area (Å²) in [5.41, 5.74) is 0.837. The van der Waals surface area contributed by atoms with Crippen molar-refractivity contribution in [1.82, 2.24) is 15.3 Å². The van der Waals surface area contributed by atoms with E-state index >= 15 is 0 Å². The Bertz CT molecular complexity index is 282. The van der Waals surface area contributed by atoms with Gasteiger partial charge in [0, 0.05) is 31.4 Å². The second-order valence-corrected chi connectivity index (χ2v) is 2.71. The van der Waals surface area contributed by atoms with Crippen molar-refractivity contribution < 1.29 is 0 Å². The van der Waals surface area contributed by atoms with Crippen LogP contribution in [0.1, 0.15) is 11.5 Å². The fraction of sp³-hybridized carbons (Fsp3) is 0.429. The molecular formula is C7H9N3O. The molecule has 0 saturated carbocycles. The van der Waals surface area contributed by atoms with Gasteiger partial charge in [0.05, 0.1) is 0 Å². The maximum Gasteiger partial charge on any atom is 0.344 e. The molecule has 0 bridgehead atoms. The molecule has 2 N–H and O–H groups in total. The molecule has 0 aliphatic carbocycles. The van der Waals surface area contributed by atoms with E-state index < -0.39 is 0 Å². The number of aromatic nitrogens is 2. The molecule has 0 spiro atoms. The second kappa shape index (κ2) is 2.47. The highest BCUT2D eigenvalue weighted by molar-refractivity contribution is 5.14. The van der Waals surface area contributed by atoms with Crippen molar-refractivity contribution in [2.24, 2.45) is 0 Å². The van der Waals surface area contributed by atoms with Crippen molar-refractivity contribution in [2.75, 3.05) is 13.1 Å². The molecule has 4 nitrogen and oxygen atoms in total. The first-order valence-electron chi connectivity index (χ1n) is 3.61. The lowest BCUT2D eigenvalue weighted by Gasteiger charge is -2.26. The van der Waals surface area contributed by atoms with Crippen LogP contribution in [-0.2, 0) is 0 Å². The molecule has 1 aliphatic rings. The second-order valence-electron chi connectivity index (χ2n) is 2.71. The predicted octanol–water partition coefficient (Wildman–Crippen LogP) is -0.543. The molecule has 0 unspecified atom stereocenters. The van der Waals surface area contributed by atoms with E-state index in [0.29, 0.717) is 5.92 Å². The fourth-order valence-corrected chi connectivity index (χ4v) is 1.10. The lowest BCUT2D eigenvalue weighted by molar-refractivity contribution is 0.446. The molecule has 2 heterocycles. The van der Waals surface area contributed by atoms with Crippen LogP contribution >= 0.6 is 0 Å². The van der Waals surface area contributed by atoms with Crippen LogP contribution < -0.4 is 11.0 Å². The van der Waals surface area contributed by atoms with E-state index in [9.17, 15) is 4.79 Å². The third-order valence-corrected chi connectivity index (χ3v) is 1.95. The zero-order valence-electron chi connectivity index (χ0n) is 6.00. The highest BCUT2D eigenvalue weighted by Crippen LogP contribution is 2.16. The van der Waals surface area contributed by atoms with Gasteiger partial charge in [0.1, 0.15) is 0 Å². The SMILES string of the molecule is O=c1ncc(C2CNC2)c[nH]1. The van der Waals surface area contributed by atoms with Crippen LogP contribution in [0.15, 0.2) is 17.2 Å². The van der Waals surface area contributed by atoms with Crippen LogP contribution in [0.5, 0.6) is 0 Å². The van der Waals surface area contributed by atoms with Gasteiger partial charge in [-0.05, 0) is 5.56 Å².